The van der Waals surface area contributed by atoms with Crippen LogP contribution < -0.4 is 0 Å². The number of carbonyl (C=O) groups excluding carboxylic acids is 4. The zero-order valence-electron chi connectivity index (χ0n) is 55.8. The van der Waals surface area contributed by atoms with Crippen LogP contribution >= 0.6 is 15.6 Å². The van der Waals surface area contributed by atoms with Crippen molar-refractivity contribution >= 4 is 39.5 Å². The van der Waals surface area contributed by atoms with E-state index in [2.05, 4.69) is 48.5 Å². The molecule has 0 aromatic heterocycles. The summed E-state index contributed by atoms with van der Waals surface area (Å²) >= 11 is 0. The summed E-state index contributed by atoms with van der Waals surface area (Å²) in [5.41, 5.74) is 0. The quantitative estimate of drug-likeness (QED) is 0.0222. The largest absolute Gasteiger partial charge is 0.472 e. The molecule has 0 aromatic rings. The Morgan fingerprint density at radius 3 is 0.884 bits per heavy atom. The van der Waals surface area contributed by atoms with E-state index in [4.69, 9.17) is 37.0 Å². The van der Waals surface area contributed by atoms with Gasteiger partial charge in [-0.15, -0.1) is 0 Å². The minimum Gasteiger partial charge on any atom is -0.462 e. The van der Waals surface area contributed by atoms with Crippen LogP contribution in [0.4, 0.5) is 0 Å². The van der Waals surface area contributed by atoms with Crippen LogP contribution in [-0.4, -0.2) is 96.7 Å². The third-order valence-corrected chi connectivity index (χ3v) is 17.6. The van der Waals surface area contributed by atoms with Crippen molar-refractivity contribution in [2.45, 2.75) is 349 Å². The maximum atomic E-state index is 13.0. The monoisotopic (exact) mass is 1270 g/mol. The van der Waals surface area contributed by atoms with Gasteiger partial charge in [-0.1, -0.05) is 280 Å². The zero-order valence-corrected chi connectivity index (χ0v) is 57.6. The van der Waals surface area contributed by atoms with Gasteiger partial charge >= 0.3 is 39.5 Å². The molecule has 510 valence electrons. The Morgan fingerprint density at radius 2 is 0.593 bits per heavy atom. The summed E-state index contributed by atoms with van der Waals surface area (Å²) in [6.45, 7) is 11.7. The first-order valence-corrected chi connectivity index (χ1v) is 37.9. The summed E-state index contributed by atoms with van der Waals surface area (Å²) in [5.74, 6) is -0.00967. The predicted octanol–water partition coefficient (Wildman–Crippen LogP) is 18.7. The van der Waals surface area contributed by atoms with Gasteiger partial charge in [-0.2, -0.15) is 0 Å². The number of hydrogen-bond donors (Lipinski definition) is 3. The van der Waals surface area contributed by atoms with Gasteiger partial charge in [-0.05, 0) is 43.4 Å². The number of hydrogen-bond acceptors (Lipinski definition) is 15. The maximum Gasteiger partial charge on any atom is 0.472 e. The number of ether oxygens (including phenoxy) is 4. The second-order valence-electron chi connectivity index (χ2n) is 25.4. The number of carbonyl (C=O) groups is 4. The Morgan fingerprint density at radius 1 is 0.337 bits per heavy atom. The van der Waals surface area contributed by atoms with Gasteiger partial charge in [0, 0.05) is 25.7 Å². The Hall–Kier alpha value is -1.94. The molecule has 0 aliphatic rings. The highest BCUT2D eigenvalue weighted by Crippen LogP contribution is 2.45. The van der Waals surface area contributed by atoms with Gasteiger partial charge in [-0.25, -0.2) is 9.13 Å². The third kappa shape index (κ3) is 59.7. The Balaban J connectivity index is 5.23. The van der Waals surface area contributed by atoms with E-state index in [1.54, 1.807) is 0 Å². The molecule has 0 saturated carbocycles. The van der Waals surface area contributed by atoms with Crippen molar-refractivity contribution in [2.24, 2.45) is 17.8 Å². The minimum atomic E-state index is -4.95. The van der Waals surface area contributed by atoms with Crippen molar-refractivity contribution in [3.05, 3.63) is 0 Å². The first kappa shape index (κ1) is 84.1. The number of phosphoric acid groups is 2. The highest BCUT2D eigenvalue weighted by molar-refractivity contribution is 7.47. The molecule has 0 aliphatic heterocycles. The maximum absolute atomic E-state index is 13.0. The third-order valence-electron chi connectivity index (χ3n) is 15.7. The molecule has 3 N–H and O–H groups in total. The molecule has 0 bridgehead atoms. The standard InChI is InChI=1S/C67H130O17P2/c1-8-10-11-12-13-14-15-16-17-18-19-20-21-26-36-43-50-66(71)83-62(54-77-64(69)48-41-34-25-23-22-24-31-38-45-58(3)4)56-81-85(73,74)79-52-61(68)53-80-86(75,76)82-57-63(55-78-65(70)49-42-35-29-27-32-39-46-59(5)6)84-67(72)51-44-37-30-28-33-40-47-60(7)9-2/h58-63,68H,8-57H2,1-7H3,(H,73,74)(H,75,76)/t60?,61-,62-,63-/m1/s1. The van der Waals surface area contributed by atoms with Gasteiger partial charge in [0.15, 0.2) is 12.2 Å². The summed E-state index contributed by atoms with van der Waals surface area (Å²) in [6, 6.07) is 0. The number of aliphatic hydroxyl groups is 1. The van der Waals surface area contributed by atoms with Gasteiger partial charge in [0.1, 0.15) is 19.3 Å². The van der Waals surface area contributed by atoms with Crippen LogP contribution in [0.3, 0.4) is 0 Å². The van der Waals surface area contributed by atoms with Crippen LogP contribution in [0, 0.1) is 17.8 Å². The number of unbranched alkanes of at least 4 members (excludes halogenated alkanes) is 32. The lowest BCUT2D eigenvalue weighted by Gasteiger charge is -2.21. The second kappa shape index (κ2) is 58.2. The first-order valence-electron chi connectivity index (χ1n) is 34.9. The summed E-state index contributed by atoms with van der Waals surface area (Å²) in [6.07, 6.45) is 40.6. The Bertz CT molecular complexity index is 1700. The van der Waals surface area contributed by atoms with Crippen molar-refractivity contribution in [3.63, 3.8) is 0 Å². The first-order chi connectivity index (χ1) is 41.3. The molecule has 0 amide bonds. The molecule has 0 aromatic carbocycles. The molecule has 3 unspecified atom stereocenters. The number of aliphatic hydroxyl groups excluding tert-OH is 1. The van der Waals surface area contributed by atoms with Crippen LogP contribution in [0.1, 0.15) is 331 Å². The molecule has 0 spiro atoms. The van der Waals surface area contributed by atoms with Crippen LogP contribution in [0.2, 0.25) is 0 Å². The predicted molar refractivity (Wildman–Crippen MR) is 344 cm³/mol. The summed E-state index contributed by atoms with van der Waals surface area (Å²) in [5, 5.41) is 10.6. The fourth-order valence-electron chi connectivity index (χ4n) is 9.98. The molecule has 86 heavy (non-hydrogen) atoms. The molecule has 17 nitrogen and oxygen atoms in total. The number of rotatable bonds is 65. The normalized spacial score (nSPS) is 14.6. The van der Waals surface area contributed by atoms with Gasteiger partial charge in [-0.3, -0.25) is 37.3 Å². The van der Waals surface area contributed by atoms with Gasteiger partial charge in [0.25, 0.3) is 0 Å². The van der Waals surface area contributed by atoms with E-state index in [0.717, 1.165) is 108 Å². The van der Waals surface area contributed by atoms with E-state index in [1.165, 1.54) is 135 Å². The lowest BCUT2D eigenvalue weighted by atomic mass is 10.00. The minimum absolute atomic E-state index is 0.102. The lowest BCUT2D eigenvalue weighted by Crippen LogP contribution is -2.30. The van der Waals surface area contributed by atoms with Gasteiger partial charge < -0.3 is 33.8 Å². The second-order valence-corrected chi connectivity index (χ2v) is 28.3. The van der Waals surface area contributed by atoms with Gasteiger partial charge in [0.05, 0.1) is 26.4 Å². The molecule has 0 fully saturated rings. The molecular weight excluding hydrogens is 1140 g/mol. The number of phosphoric ester groups is 2. The zero-order chi connectivity index (χ0) is 63.8. The molecular formula is C67H130O17P2. The summed E-state index contributed by atoms with van der Waals surface area (Å²) < 4.78 is 68.1. The van der Waals surface area contributed by atoms with E-state index in [1.807, 2.05) is 0 Å². The lowest BCUT2D eigenvalue weighted by molar-refractivity contribution is -0.161. The highest BCUT2D eigenvalue weighted by atomic mass is 31.2. The van der Waals surface area contributed by atoms with E-state index >= 15 is 0 Å². The topological polar surface area (TPSA) is 237 Å². The van der Waals surface area contributed by atoms with Crippen LogP contribution in [0.25, 0.3) is 0 Å². The van der Waals surface area contributed by atoms with E-state index in [9.17, 15) is 43.2 Å². The van der Waals surface area contributed by atoms with E-state index in [-0.39, 0.29) is 25.7 Å². The van der Waals surface area contributed by atoms with Crippen LogP contribution in [-0.2, 0) is 65.4 Å². The van der Waals surface area contributed by atoms with E-state index < -0.39 is 97.5 Å². The van der Waals surface area contributed by atoms with Gasteiger partial charge in [0.2, 0.25) is 0 Å². The average Bonchev–Trinajstić information content (AvgIpc) is 3.67. The highest BCUT2D eigenvalue weighted by Gasteiger charge is 2.30. The molecule has 19 heteroatoms. The van der Waals surface area contributed by atoms with Crippen molar-refractivity contribution in [1.82, 2.24) is 0 Å². The molecule has 0 heterocycles. The fourth-order valence-corrected chi connectivity index (χ4v) is 11.6. The molecule has 0 radical (unpaired) electrons. The SMILES string of the molecule is CCCCCCCCCCCCCCCCCCC(=O)O[C@H](COC(=O)CCCCCCCCCCC(C)C)COP(=O)(O)OC[C@@H](O)COP(=O)(O)OC[C@@H](COC(=O)CCCCCCCCC(C)C)OC(=O)CCCCCCCCC(C)CC. The van der Waals surface area contributed by atoms with Crippen LogP contribution in [0.15, 0.2) is 0 Å². The molecule has 0 saturated heterocycles. The van der Waals surface area contributed by atoms with Crippen LogP contribution in [0.5, 0.6) is 0 Å². The van der Waals surface area contributed by atoms with Crippen molar-refractivity contribution in [2.75, 3.05) is 39.6 Å². The smallest absolute Gasteiger partial charge is 0.462 e. The number of esters is 4. The summed E-state index contributed by atoms with van der Waals surface area (Å²) in [4.78, 5) is 72.3. The molecule has 0 rings (SSSR count). The van der Waals surface area contributed by atoms with E-state index in [0.29, 0.717) is 31.6 Å². The summed E-state index contributed by atoms with van der Waals surface area (Å²) in [7, 11) is -9.89. The van der Waals surface area contributed by atoms with Crippen molar-refractivity contribution < 1.29 is 80.2 Å². The fraction of sp³-hybridized carbons (Fsp3) is 0.940. The molecule has 0 aliphatic carbocycles. The Kier molecular flexibility index (Phi) is 56.9. The van der Waals surface area contributed by atoms with Crippen molar-refractivity contribution in [1.29, 1.82) is 0 Å². The average molecular weight is 1270 g/mol. The Labute approximate surface area is 524 Å². The molecule has 6 atom stereocenters. The van der Waals surface area contributed by atoms with Crippen molar-refractivity contribution in [3.8, 4) is 0 Å².